The van der Waals surface area contributed by atoms with Crippen molar-refractivity contribution in [2.24, 2.45) is 0 Å². The highest BCUT2D eigenvalue weighted by atomic mass is 16.5. The van der Waals surface area contributed by atoms with Crippen LogP contribution in [0.1, 0.15) is 21.6 Å². The van der Waals surface area contributed by atoms with Gasteiger partial charge in [0.2, 0.25) is 0 Å². The van der Waals surface area contributed by atoms with E-state index in [0.717, 1.165) is 5.56 Å². The van der Waals surface area contributed by atoms with Gasteiger partial charge >= 0.3 is 5.97 Å². The first kappa shape index (κ1) is 15.6. The lowest BCUT2D eigenvalue weighted by Crippen LogP contribution is -2.18. The van der Waals surface area contributed by atoms with Gasteiger partial charge in [0.1, 0.15) is 11.3 Å². The summed E-state index contributed by atoms with van der Waals surface area (Å²) < 4.78 is 6.56. The number of H-pyrrole nitrogens is 1. The van der Waals surface area contributed by atoms with Gasteiger partial charge in [-0.25, -0.2) is 4.79 Å². The number of benzene rings is 1. The number of rotatable bonds is 4. The predicted octanol–water partition coefficient (Wildman–Crippen LogP) is 1.49. The molecule has 2 aromatic heterocycles. The number of nitrogens with one attached hydrogen (secondary N) is 1. The quantitative estimate of drug-likeness (QED) is 0.667. The van der Waals surface area contributed by atoms with Crippen LogP contribution in [0.3, 0.4) is 0 Å². The second-order valence-corrected chi connectivity index (χ2v) is 5.30. The molecule has 0 spiro atoms. The number of aryl methyl sites for hydroxylation is 1. The van der Waals surface area contributed by atoms with Crippen LogP contribution in [0, 0.1) is 6.92 Å². The van der Waals surface area contributed by atoms with Crippen LogP contribution < -0.4 is 10.3 Å². The Morgan fingerprint density at radius 3 is 2.58 bits per heavy atom. The molecule has 0 saturated carbocycles. The number of ether oxygens (including phenoxy) is 1. The number of aromatic amines is 1. The molecule has 0 saturated heterocycles. The molecular formula is C16H15N3O5. The van der Waals surface area contributed by atoms with Crippen molar-refractivity contribution in [2.45, 2.75) is 13.5 Å². The summed E-state index contributed by atoms with van der Waals surface area (Å²) in [6.07, 6.45) is 0. The van der Waals surface area contributed by atoms with E-state index < -0.39 is 22.8 Å². The molecule has 0 bridgehead atoms. The van der Waals surface area contributed by atoms with E-state index in [1.54, 1.807) is 26.2 Å². The highest BCUT2D eigenvalue weighted by molar-refractivity contribution is 5.97. The Bertz CT molecular complexity index is 986. The molecular weight excluding hydrogens is 314 g/mol. The number of methoxy groups -OCH3 is 1. The van der Waals surface area contributed by atoms with E-state index in [1.807, 2.05) is 12.1 Å². The van der Waals surface area contributed by atoms with Gasteiger partial charge in [0, 0.05) is 0 Å². The van der Waals surface area contributed by atoms with Crippen molar-refractivity contribution >= 4 is 17.0 Å². The van der Waals surface area contributed by atoms with E-state index in [-0.39, 0.29) is 5.52 Å². The third kappa shape index (κ3) is 2.47. The molecule has 0 aliphatic carbocycles. The van der Waals surface area contributed by atoms with Gasteiger partial charge < -0.3 is 19.9 Å². The molecule has 124 valence electrons. The Morgan fingerprint density at radius 1 is 1.33 bits per heavy atom. The summed E-state index contributed by atoms with van der Waals surface area (Å²) in [4.78, 5) is 25.5. The van der Waals surface area contributed by atoms with Crippen LogP contribution in [0.4, 0.5) is 0 Å². The fourth-order valence-corrected chi connectivity index (χ4v) is 2.59. The largest absolute Gasteiger partial charge is 0.505 e. The van der Waals surface area contributed by atoms with E-state index >= 15 is 0 Å². The first-order valence-corrected chi connectivity index (χ1v) is 7.11. The van der Waals surface area contributed by atoms with Gasteiger partial charge in [-0.2, -0.15) is 5.10 Å². The first-order chi connectivity index (χ1) is 11.4. The molecule has 0 aliphatic rings. The molecule has 0 fully saturated rings. The Morgan fingerprint density at radius 2 is 2.00 bits per heavy atom. The minimum Gasteiger partial charge on any atom is -0.505 e. The zero-order valence-corrected chi connectivity index (χ0v) is 13.0. The molecule has 0 atom stereocenters. The normalized spacial score (nSPS) is 10.9. The summed E-state index contributed by atoms with van der Waals surface area (Å²) in [5, 5.41) is 23.7. The molecule has 2 heterocycles. The number of carbonyl (C=O) groups is 1. The number of nitrogens with zero attached hydrogens (tertiary/aromatic N) is 2. The van der Waals surface area contributed by atoms with Crippen LogP contribution in [0.2, 0.25) is 0 Å². The first-order valence-electron chi connectivity index (χ1n) is 7.11. The summed E-state index contributed by atoms with van der Waals surface area (Å²) >= 11 is 0. The molecule has 3 rings (SSSR count). The maximum absolute atomic E-state index is 11.8. The van der Waals surface area contributed by atoms with E-state index in [9.17, 15) is 14.7 Å². The molecule has 0 radical (unpaired) electrons. The van der Waals surface area contributed by atoms with E-state index in [0.29, 0.717) is 23.5 Å². The van der Waals surface area contributed by atoms with Crippen LogP contribution in [-0.4, -0.2) is 38.1 Å². The molecule has 3 aromatic rings. The summed E-state index contributed by atoms with van der Waals surface area (Å²) in [6.45, 7) is 1.97. The number of aromatic carboxylic acids is 1. The molecule has 0 aliphatic heterocycles. The number of aromatic hydroxyl groups is 1. The van der Waals surface area contributed by atoms with E-state index in [1.165, 1.54) is 4.68 Å². The van der Waals surface area contributed by atoms with Crippen molar-refractivity contribution in [2.75, 3.05) is 7.11 Å². The van der Waals surface area contributed by atoms with Gasteiger partial charge in [-0.1, -0.05) is 12.1 Å². The summed E-state index contributed by atoms with van der Waals surface area (Å²) in [5.41, 5.74) is 0.305. The smallest absolute Gasteiger partial charge is 0.345 e. The molecule has 0 amide bonds. The van der Waals surface area contributed by atoms with E-state index in [4.69, 9.17) is 9.84 Å². The topological polar surface area (TPSA) is 117 Å². The monoisotopic (exact) mass is 329 g/mol. The van der Waals surface area contributed by atoms with Crippen LogP contribution >= 0.6 is 0 Å². The summed E-state index contributed by atoms with van der Waals surface area (Å²) in [7, 11) is 1.57. The van der Waals surface area contributed by atoms with Crippen LogP contribution in [-0.2, 0) is 6.54 Å². The van der Waals surface area contributed by atoms with Crippen LogP contribution in [0.5, 0.6) is 11.5 Å². The zero-order chi connectivity index (χ0) is 17.4. The summed E-state index contributed by atoms with van der Waals surface area (Å²) in [5.74, 6) is -1.37. The lowest BCUT2D eigenvalue weighted by Gasteiger charge is -2.07. The number of carboxylic acids is 1. The van der Waals surface area contributed by atoms with Crippen molar-refractivity contribution in [1.29, 1.82) is 0 Å². The lowest BCUT2D eigenvalue weighted by molar-refractivity contribution is 0.0692. The van der Waals surface area contributed by atoms with Crippen molar-refractivity contribution in [1.82, 2.24) is 14.8 Å². The van der Waals surface area contributed by atoms with Gasteiger partial charge in [-0.05, 0) is 24.6 Å². The maximum atomic E-state index is 11.8. The number of pyridine rings is 1. The molecule has 24 heavy (non-hydrogen) atoms. The molecule has 0 unspecified atom stereocenters. The Balaban J connectivity index is 2.15. The van der Waals surface area contributed by atoms with Gasteiger partial charge in [0.25, 0.3) is 5.56 Å². The third-order valence-corrected chi connectivity index (χ3v) is 3.76. The minimum absolute atomic E-state index is 0.181. The minimum atomic E-state index is -1.49. The van der Waals surface area contributed by atoms with Gasteiger partial charge in [0.15, 0.2) is 11.3 Å². The van der Waals surface area contributed by atoms with Crippen molar-refractivity contribution in [3.8, 4) is 11.5 Å². The average Bonchev–Trinajstić information content (AvgIpc) is 2.83. The molecule has 3 N–H and O–H groups in total. The second-order valence-electron chi connectivity index (χ2n) is 5.30. The third-order valence-electron chi connectivity index (χ3n) is 3.76. The predicted molar refractivity (Wildman–Crippen MR) is 85.8 cm³/mol. The molecule has 8 heteroatoms. The highest BCUT2D eigenvalue weighted by Crippen LogP contribution is 2.27. The van der Waals surface area contributed by atoms with Crippen LogP contribution in [0.15, 0.2) is 29.1 Å². The Hall–Kier alpha value is -3.29. The van der Waals surface area contributed by atoms with Gasteiger partial charge in [-0.15, -0.1) is 0 Å². The Labute approximate surface area is 135 Å². The highest BCUT2D eigenvalue weighted by Gasteiger charge is 2.22. The summed E-state index contributed by atoms with van der Waals surface area (Å²) in [6, 6.07) is 7.25. The number of hydrogen-bond donors (Lipinski definition) is 3. The van der Waals surface area contributed by atoms with Gasteiger partial charge in [0.05, 0.1) is 24.9 Å². The zero-order valence-electron chi connectivity index (χ0n) is 13.0. The number of carboxylic acid groups (broad SMARTS) is 1. The standard InChI is InChI=1S/C16H15N3O5/c1-8-12-13(14(20)11(16(22)23)15(21)17-12)19(18-8)7-9-3-5-10(24-2)6-4-9/h3-6H,7H2,1-2H3,(H,22,23)(H2,17,20,21). The van der Waals surface area contributed by atoms with E-state index in [2.05, 4.69) is 10.1 Å². The Kier molecular flexibility index (Phi) is 3.72. The maximum Gasteiger partial charge on any atom is 0.345 e. The van der Waals surface area contributed by atoms with Crippen molar-refractivity contribution < 1.29 is 19.7 Å². The SMILES string of the molecule is COc1ccc(Cn2nc(C)c3[nH]c(=O)c(C(=O)O)c(O)c32)cc1. The lowest BCUT2D eigenvalue weighted by atomic mass is 10.2. The fraction of sp³-hybridized carbons (Fsp3) is 0.188. The number of fused-ring (bicyclic) bond motifs is 1. The van der Waals surface area contributed by atoms with Crippen molar-refractivity contribution in [3.05, 3.63) is 51.4 Å². The van der Waals surface area contributed by atoms with Crippen molar-refractivity contribution in [3.63, 3.8) is 0 Å². The fourth-order valence-electron chi connectivity index (χ4n) is 2.59. The number of hydrogen-bond acceptors (Lipinski definition) is 5. The second kappa shape index (κ2) is 5.73. The molecule has 8 nitrogen and oxygen atoms in total. The molecule has 1 aromatic carbocycles. The average molecular weight is 329 g/mol. The van der Waals surface area contributed by atoms with Crippen LogP contribution in [0.25, 0.3) is 11.0 Å². The van der Waals surface area contributed by atoms with Gasteiger partial charge in [-0.3, -0.25) is 9.48 Å². The number of aromatic nitrogens is 3.